The van der Waals surface area contributed by atoms with Gasteiger partial charge in [0, 0.05) is 29.6 Å². The number of rotatable bonds is 7. The third-order valence-corrected chi connectivity index (χ3v) is 5.49. The van der Waals surface area contributed by atoms with Crippen molar-refractivity contribution in [2.45, 2.75) is 45.9 Å². The predicted molar refractivity (Wildman–Crippen MR) is 113 cm³/mol. The zero-order valence-electron chi connectivity index (χ0n) is 17.0. The molecule has 2 aromatic carbocycles. The van der Waals surface area contributed by atoms with Crippen molar-refractivity contribution in [1.82, 2.24) is 10.2 Å². The summed E-state index contributed by atoms with van der Waals surface area (Å²) in [5, 5.41) is 3.49. The molecule has 0 atom stereocenters. The van der Waals surface area contributed by atoms with Gasteiger partial charge in [0.05, 0.1) is 6.10 Å². The predicted octanol–water partition coefficient (Wildman–Crippen LogP) is 4.79. The van der Waals surface area contributed by atoms with Gasteiger partial charge in [-0.15, -0.1) is 0 Å². The summed E-state index contributed by atoms with van der Waals surface area (Å²) in [5.74, 6) is 0.592. The van der Waals surface area contributed by atoms with Crippen LogP contribution in [0.25, 0.3) is 0 Å². The molecule has 1 N–H and O–H groups in total. The summed E-state index contributed by atoms with van der Waals surface area (Å²) >= 11 is 6.13. The van der Waals surface area contributed by atoms with Gasteiger partial charge in [0.1, 0.15) is 11.6 Å². The third-order valence-electron chi connectivity index (χ3n) is 5.14. The molecule has 0 aliphatic carbocycles. The van der Waals surface area contributed by atoms with Gasteiger partial charge in [0.15, 0.2) is 0 Å². The van der Waals surface area contributed by atoms with Gasteiger partial charge < -0.3 is 10.1 Å². The first-order chi connectivity index (χ1) is 13.9. The highest BCUT2D eigenvalue weighted by molar-refractivity contribution is 6.31. The summed E-state index contributed by atoms with van der Waals surface area (Å²) in [6.07, 6.45) is 1.63. The van der Waals surface area contributed by atoms with Crippen molar-refractivity contribution in [3.8, 4) is 5.75 Å². The Hall–Kier alpha value is -2.11. The van der Waals surface area contributed by atoms with Crippen LogP contribution in [0.2, 0.25) is 5.02 Å². The van der Waals surface area contributed by atoms with Crippen LogP contribution in [0.15, 0.2) is 42.5 Å². The fourth-order valence-corrected chi connectivity index (χ4v) is 3.82. The van der Waals surface area contributed by atoms with E-state index in [1.807, 2.05) is 38.1 Å². The van der Waals surface area contributed by atoms with Crippen LogP contribution in [-0.2, 0) is 17.9 Å². The lowest BCUT2D eigenvalue weighted by Crippen LogP contribution is -2.40. The number of ether oxygens (including phenoxy) is 1. The van der Waals surface area contributed by atoms with Gasteiger partial charge in [0.2, 0.25) is 5.91 Å². The van der Waals surface area contributed by atoms with E-state index in [1.54, 1.807) is 12.1 Å². The molecule has 1 aliphatic heterocycles. The lowest BCUT2D eigenvalue weighted by atomic mass is 9.95. The molecule has 1 aliphatic rings. The van der Waals surface area contributed by atoms with Gasteiger partial charge in [0.25, 0.3) is 0 Å². The highest BCUT2D eigenvalue weighted by Gasteiger charge is 2.25. The molecule has 156 valence electrons. The van der Waals surface area contributed by atoms with Crippen molar-refractivity contribution in [2.75, 3.05) is 13.1 Å². The number of carbonyl (C=O) groups is 1. The second-order valence-electron chi connectivity index (χ2n) is 7.78. The van der Waals surface area contributed by atoms with Crippen LogP contribution in [0.1, 0.15) is 37.8 Å². The minimum Gasteiger partial charge on any atom is -0.491 e. The van der Waals surface area contributed by atoms with E-state index >= 15 is 0 Å². The number of hydrogen-bond donors (Lipinski definition) is 1. The molecule has 4 nitrogen and oxygen atoms in total. The molecule has 2 aromatic rings. The van der Waals surface area contributed by atoms with Gasteiger partial charge in [-0.05, 0) is 69.6 Å². The molecular weight excluding hydrogens is 391 g/mol. The van der Waals surface area contributed by atoms with E-state index in [2.05, 4.69) is 10.2 Å². The number of carbonyl (C=O) groups excluding carboxylic acids is 1. The first-order valence-electron chi connectivity index (χ1n) is 10.1. The molecular formula is C23H28ClFN2O2. The average molecular weight is 419 g/mol. The monoisotopic (exact) mass is 418 g/mol. The Morgan fingerprint density at radius 1 is 1.24 bits per heavy atom. The molecule has 29 heavy (non-hydrogen) atoms. The Kier molecular flexibility index (Phi) is 7.51. The Labute approximate surface area is 177 Å². The van der Waals surface area contributed by atoms with Crippen LogP contribution in [0, 0.1) is 11.7 Å². The molecule has 0 radical (unpaired) electrons. The Morgan fingerprint density at radius 2 is 1.97 bits per heavy atom. The Bertz CT molecular complexity index is 815. The van der Waals surface area contributed by atoms with Crippen LogP contribution >= 0.6 is 11.6 Å². The largest absolute Gasteiger partial charge is 0.491 e. The average Bonchev–Trinajstić information content (AvgIpc) is 2.69. The van der Waals surface area contributed by atoms with Gasteiger partial charge in [-0.25, -0.2) is 4.39 Å². The first kappa shape index (κ1) is 21.6. The lowest BCUT2D eigenvalue weighted by Gasteiger charge is -2.31. The van der Waals surface area contributed by atoms with E-state index in [1.165, 1.54) is 6.07 Å². The van der Waals surface area contributed by atoms with Crippen molar-refractivity contribution in [3.05, 3.63) is 64.4 Å². The van der Waals surface area contributed by atoms with Crippen LogP contribution in [-0.4, -0.2) is 30.0 Å². The molecule has 0 bridgehead atoms. The molecule has 1 saturated heterocycles. The van der Waals surface area contributed by atoms with Crippen molar-refractivity contribution in [3.63, 3.8) is 0 Å². The second-order valence-corrected chi connectivity index (χ2v) is 8.19. The maximum Gasteiger partial charge on any atom is 0.223 e. The topological polar surface area (TPSA) is 41.6 Å². The molecule has 0 aromatic heterocycles. The fourth-order valence-electron chi connectivity index (χ4n) is 3.59. The van der Waals surface area contributed by atoms with E-state index in [0.717, 1.165) is 37.2 Å². The summed E-state index contributed by atoms with van der Waals surface area (Å²) in [4.78, 5) is 14.7. The summed E-state index contributed by atoms with van der Waals surface area (Å²) in [5.41, 5.74) is 1.55. The molecule has 3 rings (SSSR count). The van der Waals surface area contributed by atoms with Gasteiger partial charge in [-0.2, -0.15) is 0 Å². The van der Waals surface area contributed by atoms with Gasteiger partial charge in [-0.3, -0.25) is 9.69 Å². The molecule has 0 unspecified atom stereocenters. The minimum atomic E-state index is -0.277. The number of likely N-dealkylation sites (tertiary alicyclic amines) is 1. The number of amides is 1. The first-order valence-corrected chi connectivity index (χ1v) is 10.5. The zero-order valence-corrected chi connectivity index (χ0v) is 17.7. The van der Waals surface area contributed by atoms with Crippen molar-refractivity contribution in [1.29, 1.82) is 0 Å². The summed E-state index contributed by atoms with van der Waals surface area (Å²) in [7, 11) is 0. The lowest BCUT2D eigenvalue weighted by molar-refractivity contribution is -0.126. The molecule has 1 heterocycles. The van der Waals surface area contributed by atoms with E-state index in [0.29, 0.717) is 23.7 Å². The van der Waals surface area contributed by atoms with Gasteiger partial charge in [-0.1, -0.05) is 29.8 Å². The maximum atomic E-state index is 14.0. The zero-order chi connectivity index (χ0) is 20.8. The van der Waals surface area contributed by atoms with Gasteiger partial charge >= 0.3 is 0 Å². The highest BCUT2D eigenvalue weighted by atomic mass is 35.5. The maximum absolute atomic E-state index is 14.0. The standard InChI is InChI=1S/C23H28ClFN2O2/c1-16(2)29-19-6-3-5-17(13-19)14-26-23(28)18-9-11-27(12-10-18)15-20-21(24)7-4-8-22(20)25/h3-8,13,16,18H,9-12,14-15H2,1-2H3,(H,26,28). The van der Waals surface area contributed by atoms with Crippen molar-refractivity contribution >= 4 is 17.5 Å². The molecule has 0 saturated carbocycles. The number of halogens is 2. The summed E-state index contributed by atoms with van der Waals surface area (Å²) in [6.45, 7) is 6.43. The number of nitrogens with one attached hydrogen (secondary N) is 1. The molecule has 1 fully saturated rings. The molecule has 1 amide bonds. The number of hydrogen-bond acceptors (Lipinski definition) is 3. The minimum absolute atomic E-state index is 0.0163. The highest BCUT2D eigenvalue weighted by Crippen LogP contribution is 2.24. The fraction of sp³-hybridized carbons (Fsp3) is 0.435. The van der Waals surface area contributed by atoms with Crippen molar-refractivity contribution < 1.29 is 13.9 Å². The van der Waals surface area contributed by atoms with Crippen LogP contribution in [0.4, 0.5) is 4.39 Å². The Balaban J connectivity index is 1.47. The van der Waals surface area contributed by atoms with E-state index in [4.69, 9.17) is 16.3 Å². The Morgan fingerprint density at radius 3 is 2.66 bits per heavy atom. The van der Waals surface area contributed by atoms with Crippen LogP contribution < -0.4 is 10.1 Å². The SMILES string of the molecule is CC(C)Oc1cccc(CNC(=O)C2CCN(Cc3c(F)cccc3Cl)CC2)c1. The third kappa shape index (κ3) is 6.18. The van der Waals surface area contributed by atoms with Crippen molar-refractivity contribution in [2.24, 2.45) is 5.92 Å². The van der Waals surface area contributed by atoms with E-state index in [9.17, 15) is 9.18 Å². The molecule has 6 heteroatoms. The molecule has 0 spiro atoms. The van der Waals surface area contributed by atoms with Crippen LogP contribution in [0.3, 0.4) is 0 Å². The number of piperidine rings is 1. The van der Waals surface area contributed by atoms with E-state index < -0.39 is 0 Å². The van der Waals surface area contributed by atoms with E-state index in [-0.39, 0.29) is 23.7 Å². The van der Waals surface area contributed by atoms with Crippen LogP contribution in [0.5, 0.6) is 5.75 Å². The normalized spacial score (nSPS) is 15.5. The summed E-state index contributed by atoms with van der Waals surface area (Å²) < 4.78 is 19.7. The smallest absolute Gasteiger partial charge is 0.223 e. The quantitative estimate of drug-likeness (QED) is 0.702. The summed E-state index contributed by atoms with van der Waals surface area (Å²) in [6, 6.07) is 12.6. The second kappa shape index (κ2) is 10.1. The number of nitrogens with zero attached hydrogens (tertiary/aromatic N) is 1. The number of benzene rings is 2.